The van der Waals surface area contributed by atoms with E-state index in [9.17, 15) is 5.26 Å². The Morgan fingerprint density at radius 1 is 1.35 bits per heavy atom. The Kier molecular flexibility index (Phi) is 6.30. The number of aryl methyl sites for hydroxylation is 2. The molecular weight excluding hydrogens is 394 g/mol. The predicted molar refractivity (Wildman–Crippen MR) is 117 cm³/mol. The van der Waals surface area contributed by atoms with Crippen molar-refractivity contribution in [2.75, 3.05) is 30.8 Å². The van der Waals surface area contributed by atoms with Gasteiger partial charge >= 0.3 is 0 Å². The van der Waals surface area contributed by atoms with Crippen LogP contribution >= 0.6 is 0 Å². The van der Waals surface area contributed by atoms with Crippen LogP contribution in [0.3, 0.4) is 0 Å². The second-order valence-corrected chi connectivity index (χ2v) is 7.58. The Balaban J connectivity index is 1.44. The van der Waals surface area contributed by atoms with Crippen molar-refractivity contribution in [3.63, 3.8) is 0 Å². The first-order valence-corrected chi connectivity index (χ1v) is 10.6. The highest BCUT2D eigenvalue weighted by atomic mass is 16.5. The summed E-state index contributed by atoms with van der Waals surface area (Å²) in [6.45, 7) is 6.44. The largest absolute Gasteiger partial charge is 0.382 e. The second kappa shape index (κ2) is 9.29. The molecule has 0 saturated carbocycles. The summed E-state index contributed by atoms with van der Waals surface area (Å²) in [7, 11) is 0. The van der Waals surface area contributed by atoms with Crippen molar-refractivity contribution < 1.29 is 9.47 Å². The maximum Gasteiger partial charge on any atom is 0.163 e. The number of nitrogens with one attached hydrogen (secondary N) is 1. The van der Waals surface area contributed by atoms with E-state index in [4.69, 9.17) is 15.2 Å². The number of nitrogens with zero attached hydrogens (tertiary/aromatic N) is 5. The van der Waals surface area contributed by atoms with Gasteiger partial charge in [-0.2, -0.15) is 14.9 Å². The van der Waals surface area contributed by atoms with Gasteiger partial charge in [0.15, 0.2) is 5.65 Å². The highest BCUT2D eigenvalue weighted by Crippen LogP contribution is 2.25. The molecule has 1 saturated heterocycles. The third-order valence-corrected chi connectivity index (χ3v) is 5.45. The zero-order chi connectivity index (χ0) is 21.8. The first-order chi connectivity index (χ1) is 15.1. The molecule has 0 aromatic carbocycles. The summed E-state index contributed by atoms with van der Waals surface area (Å²) in [4.78, 5) is 9.33. The average Bonchev–Trinajstić information content (AvgIpc) is 3.40. The lowest BCUT2D eigenvalue weighted by Crippen LogP contribution is -2.14. The number of hydrogen-bond donors (Lipinski definition) is 2. The molecule has 9 nitrogen and oxygen atoms in total. The van der Waals surface area contributed by atoms with Crippen LogP contribution in [0.5, 0.6) is 0 Å². The molecule has 9 heteroatoms. The third-order valence-electron chi connectivity index (χ3n) is 5.45. The maximum atomic E-state index is 9.61. The first-order valence-electron chi connectivity index (χ1n) is 10.6. The fourth-order valence-electron chi connectivity index (χ4n) is 3.78. The van der Waals surface area contributed by atoms with Gasteiger partial charge in [-0.1, -0.05) is 13.0 Å². The lowest BCUT2D eigenvalue weighted by atomic mass is 10.2. The number of nitriles is 1. The van der Waals surface area contributed by atoms with Crippen LogP contribution in [0.15, 0.2) is 18.2 Å². The molecule has 1 aliphatic heterocycles. The van der Waals surface area contributed by atoms with E-state index in [1.807, 2.05) is 25.1 Å². The average molecular weight is 422 g/mol. The summed E-state index contributed by atoms with van der Waals surface area (Å²) >= 11 is 0. The summed E-state index contributed by atoms with van der Waals surface area (Å²) in [6.07, 6.45) is 2.56. The lowest BCUT2D eigenvalue weighted by Gasteiger charge is -2.12. The van der Waals surface area contributed by atoms with Crippen molar-refractivity contribution in [1.29, 1.82) is 5.26 Å². The Hall–Kier alpha value is -3.22. The molecule has 3 aromatic heterocycles. The summed E-state index contributed by atoms with van der Waals surface area (Å²) in [5.74, 6) is 0.772. The number of anilines is 2. The van der Waals surface area contributed by atoms with E-state index >= 15 is 0 Å². The van der Waals surface area contributed by atoms with Crippen molar-refractivity contribution in [1.82, 2.24) is 19.6 Å². The minimum absolute atomic E-state index is 0.156. The van der Waals surface area contributed by atoms with Crippen LogP contribution < -0.4 is 11.1 Å². The number of ether oxygens (including phenoxy) is 2. The zero-order valence-corrected chi connectivity index (χ0v) is 17.9. The van der Waals surface area contributed by atoms with Crippen molar-refractivity contribution in [2.45, 2.75) is 45.8 Å². The van der Waals surface area contributed by atoms with Gasteiger partial charge in [-0.3, -0.25) is 4.98 Å². The van der Waals surface area contributed by atoms with Crippen LogP contribution in [-0.2, 0) is 28.9 Å². The van der Waals surface area contributed by atoms with E-state index < -0.39 is 0 Å². The Morgan fingerprint density at radius 3 is 2.94 bits per heavy atom. The van der Waals surface area contributed by atoms with Gasteiger partial charge in [0, 0.05) is 30.8 Å². The Bertz CT molecular complexity index is 1110. The third kappa shape index (κ3) is 4.45. The van der Waals surface area contributed by atoms with Gasteiger partial charge in [0.25, 0.3) is 0 Å². The molecule has 4 heterocycles. The zero-order valence-electron chi connectivity index (χ0n) is 17.9. The molecule has 31 heavy (non-hydrogen) atoms. The Morgan fingerprint density at radius 2 is 2.19 bits per heavy atom. The fraction of sp³-hybridized carbons (Fsp3) is 0.455. The SMILES string of the molecule is CCc1c(C)nn2c(N)c(C#N)c(NCCc3cccc(CO[C@@H]4CCOC4)n3)nc12. The molecular formula is C22H27N7O2. The lowest BCUT2D eigenvalue weighted by molar-refractivity contribution is 0.0301. The summed E-state index contributed by atoms with van der Waals surface area (Å²) < 4.78 is 12.7. The minimum atomic E-state index is 0.156. The number of aromatic nitrogens is 4. The second-order valence-electron chi connectivity index (χ2n) is 7.58. The van der Waals surface area contributed by atoms with Crippen LogP contribution in [0.4, 0.5) is 11.6 Å². The van der Waals surface area contributed by atoms with E-state index in [-0.39, 0.29) is 6.10 Å². The molecule has 0 spiro atoms. The van der Waals surface area contributed by atoms with Crippen molar-refractivity contribution in [3.8, 4) is 6.07 Å². The van der Waals surface area contributed by atoms with E-state index in [0.717, 1.165) is 42.1 Å². The normalized spacial score (nSPS) is 16.0. The van der Waals surface area contributed by atoms with Gasteiger partial charge in [0.2, 0.25) is 0 Å². The van der Waals surface area contributed by atoms with Crippen molar-refractivity contribution in [2.24, 2.45) is 0 Å². The molecule has 1 fully saturated rings. The summed E-state index contributed by atoms with van der Waals surface area (Å²) in [5, 5.41) is 17.3. The van der Waals surface area contributed by atoms with Gasteiger partial charge < -0.3 is 20.5 Å². The number of rotatable bonds is 8. The number of nitrogen functional groups attached to an aromatic ring is 1. The Labute approximate surface area is 181 Å². The van der Waals surface area contributed by atoms with Crippen molar-refractivity contribution >= 4 is 17.3 Å². The molecule has 162 valence electrons. The highest BCUT2D eigenvalue weighted by molar-refractivity contribution is 5.69. The van der Waals surface area contributed by atoms with Gasteiger partial charge in [-0.15, -0.1) is 0 Å². The van der Waals surface area contributed by atoms with E-state index in [0.29, 0.717) is 49.0 Å². The first kappa shape index (κ1) is 21.0. The van der Waals surface area contributed by atoms with E-state index in [2.05, 4.69) is 33.4 Å². The number of pyridine rings is 1. The van der Waals surface area contributed by atoms with E-state index in [1.165, 1.54) is 0 Å². The van der Waals surface area contributed by atoms with Gasteiger partial charge in [0.1, 0.15) is 23.3 Å². The molecule has 1 atom stereocenters. The minimum Gasteiger partial charge on any atom is -0.382 e. The molecule has 0 aliphatic carbocycles. The molecule has 1 aliphatic rings. The molecule has 3 aromatic rings. The number of hydrogen-bond acceptors (Lipinski definition) is 8. The number of nitrogens with two attached hydrogens (primary N) is 1. The smallest absolute Gasteiger partial charge is 0.163 e. The predicted octanol–water partition coefficient (Wildman–Crippen LogP) is 2.41. The van der Waals surface area contributed by atoms with Crippen LogP contribution in [-0.4, -0.2) is 45.4 Å². The van der Waals surface area contributed by atoms with Crippen LogP contribution in [0, 0.1) is 18.3 Å². The quantitative estimate of drug-likeness (QED) is 0.568. The highest BCUT2D eigenvalue weighted by Gasteiger charge is 2.18. The standard InChI is InChI=1S/C22H27N7O2/c1-3-18-14(2)28-29-20(24)19(11-23)21(27-22(18)29)25-9-7-15-5-4-6-16(26-15)12-31-17-8-10-30-13-17/h4-6,17H,3,7-10,12-13,24H2,1-2H3,(H,25,27)/t17-/m1/s1. The number of fused-ring (bicyclic) bond motifs is 1. The van der Waals surface area contributed by atoms with Crippen LogP contribution in [0.2, 0.25) is 0 Å². The monoisotopic (exact) mass is 421 g/mol. The molecule has 3 N–H and O–H groups in total. The van der Waals surface area contributed by atoms with Crippen LogP contribution in [0.1, 0.15) is 41.6 Å². The molecule has 0 amide bonds. The maximum absolute atomic E-state index is 9.61. The summed E-state index contributed by atoms with van der Waals surface area (Å²) in [6, 6.07) is 8.08. The van der Waals surface area contributed by atoms with Crippen LogP contribution in [0.25, 0.3) is 5.65 Å². The molecule has 0 radical (unpaired) electrons. The van der Waals surface area contributed by atoms with Gasteiger partial charge in [-0.25, -0.2) is 4.98 Å². The van der Waals surface area contributed by atoms with Crippen molar-refractivity contribution in [3.05, 3.63) is 46.4 Å². The molecule has 0 unspecified atom stereocenters. The molecule has 0 bridgehead atoms. The topological polar surface area (TPSA) is 123 Å². The fourth-order valence-corrected chi connectivity index (χ4v) is 3.78. The van der Waals surface area contributed by atoms with Gasteiger partial charge in [0.05, 0.1) is 30.7 Å². The van der Waals surface area contributed by atoms with E-state index in [1.54, 1.807) is 4.52 Å². The summed E-state index contributed by atoms with van der Waals surface area (Å²) in [5.41, 5.74) is 10.9. The van der Waals surface area contributed by atoms with Gasteiger partial charge in [-0.05, 0) is 31.9 Å². The molecule has 4 rings (SSSR count).